The molecule has 2 atom stereocenters. The van der Waals surface area contributed by atoms with Crippen LogP contribution in [0.5, 0.6) is 0 Å². The molecule has 0 aromatic rings. The highest BCUT2D eigenvalue weighted by Crippen LogP contribution is 2.36. The van der Waals surface area contributed by atoms with Crippen molar-refractivity contribution in [1.29, 1.82) is 0 Å². The van der Waals surface area contributed by atoms with Crippen molar-refractivity contribution in [2.45, 2.75) is 50.4 Å². The molecule has 5 heteroatoms. The SMILES string of the molecule is OC1CCCC1N1CCC(C(F)(F)F)CC1. The van der Waals surface area contributed by atoms with Crippen LogP contribution in [0.15, 0.2) is 0 Å². The van der Waals surface area contributed by atoms with E-state index in [4.69, 9.17) is 0 Å². The molecule has 0 aromatic carbocycles. The Kier molecular flexibility index (Phi) is 3.45. The van der Waals surface area contributed by atoms with Gasteiger partial charge >= 0.3 is 6.18 Å². The molecule has 2 unspecified atom stereocenters. The number of alkyl halides is 3. The summed E-state index contributed by atoms with van der Waals surface area (Å²) in [4.78, 5) is 2.04. The Hall–Kier alpha value is -0.290. The molecule has 2 nitrogen and oxygen atoms in total. The van der Waals surface area contributed by atoms with Gasteiger partial charge in [-0.2, -0.15) is 13.2 Å². The summed E-state index contributed by atoms with van der Waals surface area (Å²) in [6.07, 6.45) is -1.28. The summed E-state index contributed by atoms with van der Waals surface area (Å²) < 4.78 is 37.4. The number of nitrogens with zero attached hydrogens (tertiary/aromatic N) is 1. The van der Waals surface area contributed by atoms with Crippen LogP contribution in [0.3, 0.4) is 0 Å². The summed E-state index contributed by atoms with van der Waals surface area (Å²) in [7, 11) is 0. The molecular weight excluding hydrogens is 219 g/mol. The number of hydrogen-bond donors (Lipinski definition) is 1. The lowest BCUT2D eigenvalue weighted by Gasteiger charge is -2.37. The number of likely N-dealkylation sites (tertiary alicyclic amines) is 1. The molecule has 2 rings (SSSR count). The first-order chi connectivity index (χ1) is 7.48. The first-order valence-corrected chi connectivity index (χ1v) is 5.97. The van der Waals surface area contributed by atoms with Crippen LogP contribution in [-0.2, 0) is 0 Å². The second kappa shape index (κ2) is 4.53. The van der Waals surface area contributed by atoms with E-state index in [0.29, 0.717) is 13.1 Å². The molecule has 1 heterocycles. The summed E-state index contributed by atoms with van der Waals surface area (Å²) >= 11 is 0. The number of aliphatic hydroxyl groups excluding tert-OH is 1. The second-order valence-corrected chi connectivity index (χ2v) is 4.92. The average molecular weight is 237 g/mol. The van der Waals surface area contributed by atoms with E-state index in [-0.39, 0.29) is 25.0 Å². The van der Waals surface area contributed by atoms with Crippen LogP contribution in [0.1, 0.15) is 32.1 Å². The number of halogens is 3. The van der Waals surface area contributed by atoms with E-state index in [1.54, 1.807) is 0 Å². The normalized spacial score (nSPS) is 34.5. The van der Waals surface area contributed by atoms with Crippen molar-refractivity contribution in [1.82, 2.24) is 4.90 Å². The maximum atomic E-state index is 12.5. The Labute approximate surface area is 93.4 Å². The predicted octanol–water partition coefficient (Wildman–Crippen LogP) is 2.17. The number of rotatable bonds is 1. The Morgan fingerprint density at radius 2 is 1.62 bits per heavy atom. The molecule has 2 aliphatic rings. The van der Waals surface area contributed by atoms with Gasteiger partial charge in [-0.15, -0.1) is 0 Å². The highest BCUT2D eigenvalue weighted by atomic mass is 19.4. The van der Waals surface area contributed by atoms with Crippen LogP contribution in [0.4, 0.5) is 13.2 Å². The van der Waals surface area contributed by atoms with Crippen molar-refractivity contribution >= 4 is 0 Å². The quantitative estimate of drug-likeness (QED) is 0.755. The van der Waals surface area contributed by atoms with Crippen LogP contribution in [0.2, 0.25) is 0 Å². The van der Waals surface area contributed by atoms with Gasteiger partial charge in [-0.3, -0.25) is 4.90 Å². The van der Waals surface area contributed by atoms with Gasteiger partial charge in [0.1, 0.15) is 0 Å². The van der Waals surface area contributed by atoms with Gasteiger partial charge in [-0.1, -0.05) is 0 Å². The maximum absolute atomic E-state index is 12.5. The highest BCUT2D eigenvalue weighted by molar-refractivity contribution is 4.88. The molecule has 0 aromatic heterocycles. The standard InChI is InChI=1S/C11H18F3NO/c12-11(13,14)8-4-6-15(7-5-8)9-2-1-3-10(9)16/h8-10,16H,1-7H2. The zero-order chi connectivity index (χ0) is 11.8. The summed E-state index contributed by atoms with van der Waals surface area (Å²) in [5.74, 6) is -1.14. The summed E-state index contributed by atoms with van der Waals surface area (Å²) in [6, 6.07) is 0.106. The molecule has 0 bridgehead atoms. The minimum Gasteiger partial charge on any atom is -0.391 e. The number of aliphatic hydroxyl groups is 1. The van der Waals surface area contributed by atoms with Crippen LogP contribution in [0.25, 0.3) is 0 Å². The molecule has 1 aliphatic heterocycles. The molecule has 1 N–H and O–H groups in total. The van der Waals surface area contributed by atoms with Gasteiger partial charge in [-0.25, -0.2) is 0 Å². The molecule has 0 amide bonds. The molecule has 1 saturated carbocycles. The first kappa shape index (κ1) is 12.2. The van der Waals surface area contributed by atoms with Crippen molar-refractivity contribution in [2.24, 2.45) is 5.92 Å². The minimum absolute atomic E-state index is 0.106. The topological polar surface area (TPSA) is 23.5 Å². The van der Waals surface area contributed by atoms with E-state index in [1.807, 2.05) is 4.90 Å². The summed E-state index contributed by atoms with van der Waals surface area (Å²) in [6.45, 7) is 0.956. The second-order valence-electron chi connectivity index (χ2n) is 4.92. The van der Waals surface area contributed by atoms with Gasteiger partial charge in [0.05, 0.1) is 12.0 Å². The molecule has 1 saturated heterocycles. The van der Waals surface area contributed by atoms with E-state index in [0.717, 1.165) is 19.3 Å². The fourth-order valence-electron chi connectivity index (χ4n) is 2.91. The number of hydrogen-bond acceptors (Lipinski definition) is 2. The molecule has 16 heavy (non-hydrogen) atoms. The molecule has 1 aliphatic carbocycles. The Balaban J connectivity index is 1.85. The van der Waals surface area contributed by atoms with Gasteiger partial charge in [0.25, 0.3) is 0 Å². The lowest BCUT2D eigenvalue weighted by atomic mass is 9.94. The van der Waals surface area contributed by atoms with Crippen LogP contribution >= 0.6 is 0 Å². The van der Waals surface area contributed by atoms with Crippen molar-refractivity contribution in [2.75, 3.05) is 13.1 Å². The lowest BCUT2D eigenvalue weighted by molar-refractivity contribution is -0.186. The molecular formula is C11H18F3NO. The monoisotopic (exact) mass is 237 g/mol. The molecule has 0 radical (unpaired) electrons. The third-order valence-corrected chi connectivity index (χ3v) is 3.91. The zero-order valence-corrected chi connectivity index (χ0v) is 9.21. The Morgan fingerprint density at radius 3 is 2.06 bits per heavy atom. The third kappa shape index (κ3) is 2.51. The maximum Gasteiger partial charge on any atom is 0.391 e. The highest BCUT2D eigenvalue weighted by Gasteiger charge is 2.43. The van der Waals surface area contributed by atoms with Gasteiger partial charge < -0.3 is 5.11 Å². The zero-order valence-electron chi connectivity index (χ0n) is 9.21. The van der Waals surface area contributed by atoms with Gasteiger partial charge in [0.15, 0.2) is 0 Å². The van der Waals surface area contributed by atoms with E-state index >= 15 is 0 Å². The van der Waals surface area contributed by atoms with Crippen LogP contribution in [-0.4, -0.2) is 41.4 Å². The first-order valence-electron chi connectivity index (χ1n) is 5.97. The van der Waals surface area contributed by atoms with Crippen molar-refractivity contribution < 1.29 is 18.3 Å². The average Bonchev–Trinajstić information content (AvgIpc) is 2.63. The Bertz CT molecular complexity index is 236. The number of piperidine rings is 1. The fraction of sp³-hybridized carbons (Fsp3) is 1.00. The summed E-state index contributed by atoms with van der Waals surface area (Å²) in [5, 5.41) is 9.70. The lowest BCUT2D eigenvalue weighted by Crippen LogP contribution is -2.47. The minimum atomic E-state index is -4.04. The Morgan fingerprint density at radius 1 is 1.00 bits per heavy atom. The summed E-state index contributed by atoms with van der Waals surface area (Å²) in [5.41, 5.74) is 0. The molecule has 2 fully saturated rings. The van der Waals surface area contributed by atoms with Gasteiger partial charge in [0.2, 0.25) is 0 Å². The van der Waals surface area contributed by atoms with Gasteiger partial charge in [0, 0.05) is 6.04 Å². The largest absolute Gasteiger partial charge is 0.391 e. The van der Waals surface area contributed by atoms with E-state index < -0.39 is 12.1 Å². The predicted molar refractivity (Wildman–Crippen MR) is 54.0 cm³/mol. The smallest absolute Gasteiger partial charge is 0.391 e. The van der Waals surface area contributed by atoms with Crippen molar-refractivity contribution in [3.63, 3.8) is 0 Å². The van der Waals surface area contributed by atoms with E-state index in [9.17, 15) is 18.3 Å². The van der Waals surface area contributed by atoms with Crippen molar-refractivity contribution in [3.8, 4) is 0 Å². The van der Waals surface area contributed by atoms with Crippen LogP contribution in [0, 0.1) is 5.92 Å². The van der Waals surface area contributed by atoms with E-state index in [2.05, 4.69) is 0 Å². The van der Waals surface area contributed by atoms with Gasteiger partial charge in [-0.05, 0) is 45.2 Å². The van der Waals surface area contributed by atoms with Crippen LogP contribution < -0.4 is 0 Å². The van der Waals surface area contributed by atoms with E-state index in [1.165, 1.54) is 0 Å². The molecule has 94 valence electrons. The third-order valence-electron chi connectivity index (χ3n) is 3.91. The molecule has 0 spiro atoms. The van der Waals surface area contributed by atoms with Crippen molar-refractivity contribution in [3.05, 3.63) is 0 Å². The fourth-order valence-corrected chi connectivity index (χ4v) is 2.91.